The summed E-state index contributed by atoms with van der Waals surface area (Å²) in [5.74, 6) is 0.737. The SMILES string of the molecule is COc1cccc(-c2cnc(NCCCCN3CCCCC3)c(=O)n2CC(=O)NC(C)C)c1. The lowest BCUT2D eigenvalue weighted by Gasteiger charge is -2.26. The third-order valence-electron chi connectivity index (χ3n) is 5.81. The molecule has 1 aliphatic rings. The minimum atomic E-state index is -0.301. The van der Waals surface area contributed by atoms with Crippen LogP contribution < -0.4 is 20.9 Å². The first-order chi connectivity index (χ1) is 16.0. The molecular weight excluding hydrogens is 418 g/mol. The monoisotopic (exact) mass is 455 g/mol. The van der Waals surface area contributed by atoms with Gasteiger partial charge in [0.15, 0.2) is 5.82 Å². The molecule has 1 aromatic heterocycles. The third kappa shape index (κ3) is 7.32. The van der Waals surface area contributed by atoms with Crippen LogP contribution >= 0.6 is 0 Å². The number of piperidine rings is 1. The van der Waals surface area contributed by atoms with Crippen molar-refractivity contribution < 1.29 is 9.53 Å². The fraction of sp³-hybridized carbons (Fsp3) is 0.560. The topological polar surface area (TPSA) is 88.5 Å². The maximum absolute atomic E-state index is 13.3. The van der Waals surface area contributed by atoms with Gasteiger partial charge in [0, 0.05) is 18.2 Å². The number of ether oxygens (including phenoxy) is 1. The Morgan fingerprint density at radius 2 is 1.97 bits per heavy atom. The highest BCUT2D eigenvalue weighted by atomic mass is 16.5. The second-order valence-electron chi connectivity index (χ2n) is 8.87. The van der Waals surface area contributed by atoms with Gasteiger partial charge in [-0.2, -0.15) is 0 Å². The molecule has 0 unspecified atom stereocenters. The Balaban J connectivity index is 1.72. The van der Waals surface area contributed by atoms with Gasteiger partial charge in [0.2, 0.25) is 5.91 Å². The van der Waals surface area contributed by atoms with E-state index in [-0.39, 0.29) is 29.9 Å². The molecule has 180 valence electrons. The lowest BCUT2D eigenvalue weighted by Crippen LogP contribution is -2.37. The number of likely N-dealkylation sites (tertiary alicyclic amines) is 1. The molecule has 0 radical (unpaired) electrons. The molecule has 2 N–H and O–H groups in total. The summed E-state index contributed by atoms with van der Waals surface area (Å²) in [6.45, 7) is 7.89. The Morgan fingerprint density at radius 1 is 1.18 bits per heavy atom. The molecule has 8 nitrogen and oxygen atoms in total. The van der Waals surface area contributed by atoms with E-state index < -0.39 is 0 Å². The van der Waals surface area contributed by atoms with Crippen molar-refractivity contribution in [2.75, 3.05) is 38.6 Å². The van der Waals surface area contributed by atoms with Gasteiger partial charge in [0.05, 0.1) is 19.0 Å². The lowest BCUT2D eigenvalue weighted by molar-refractivity contribution is -0.122. The van der Waals surface area contributed by atoms with Gasteiger partial charge in [-0.05, 0) is 71.3 Å². The third-order valence-corrected chi connectivity index (χ3v) is 5.81. The van der Waals surface area contributed by atoms with Crippen LogP contribution in [0.3, 0.4) is 0 Å². The summed E-state index contributed by atoms with van der Waals surface area (Å²) in [5.41, 5.74) is 1.04. The lowest BCUT2D eigenvalue weighted by atomic mass is 10.1. The van der Waals surface area contributed by atoms with Crippen LogP contribution in [-0.4, -0.2) is 59.7 Å². The van der Waals surface area contributed by atoms with E-state index in [0.717, 1.165) is 24.9 Å². The quantitative estimate of drug-likeness (QED) is 0.506. The number of carbonyl (C=O) groups is 1. The van der Waals surface area contributed by atoms with E-state index in [0.29, 0.717) is 18.0 Å². The van der Waals surface area contributed by atoms with E-state index in [1.54, 1.807) is 13.3 Å². The summed E-state index contributed by atoms with van der Waals surface area (Å²) >= 11 is 0. The van der Waals surface area contributed by atoms with E-state index in [9.17, 15) is 9.59 Å². The maximum atomic E-state index is 13.3. The van der Waals surface area contributed by atoms with Crippen LogP contribution in [0.5, 0.6) is 5.75 Å². The molecule has 2 heterocycles. The number of nitrogens with one attached hydrogen (secondary N) is 2. The van der Waals surface area contributed by atoms with E-state index in [1.807, 2.05) is 38.1 Å². The van der Waals surface area contributed by atoms with Crippen molar-refractivity contribution in [3.8, 4) is 17.0 Å². The summed E-state index contributed by atoms with van der Waals surface area (Å²) in [4.78, 5) is 32.7. The van der Waals surface area contributed by atoms with Crippen LogP contribution in [0.4, 0.5) is 5.82 Å². The van der Waals surface area contributed by atoms with Gasteiger partial charge < -0.3 is 20.3 Å². The van der Waals surface area contributed by atoms with Crippen LogP contribution in [0.1, 0.15) is 46.0 Å². The van der Waals surface area contributed by atoms with Crippen LogP contribution in [0.25, 0.3) is 11.3 Å². The average Bonchev–Trinajstić information content (AvgIpc) is 2.81. The summed E-state index contributed by atoms with van der Waals surface area (Å²) < 4.78 is 6.80. The normalized spacial score (nSPS) is 14.3. The van der Waals surface area contributed by atoms with Gasteiger partial charge in [-0.15, -0.1) is 0 Å². The number of methoxy groups -OCH3 is 1. The summed E-state index contributed by atoms with van der Waals surface area (Å²) in [6, 6.07) is 7.40. The van der Waals surface area contributed by atoms with Crippen molar-refractivity contribution in [1.29, 1.82) is 0 Å². The standard InChI is InChI=1S/C25H37N5O3/c1-19(2)28-23(31)18-30-22(20-10-9-11-21(16-20)33-3)17-27-24(25(30)32)26-12-5-8-15-29-13-6-4-7-14-29/h9-11,16-17,19H,4-8,12-15,18H2,1-3H3,(H,26,27)(H,28,31). The highest BCUT2D eigenvalue weighted by molar-refractivity contribution is 5.77. The zero-order valence-corrected chi connectivity index (χ0v) is 20.1. The molecule has 1 saturated heterocycles. The highest BCUT2D eigenvalue weighted by Crippen LogP contribution is 2.23. The molecule has 0 atom stereocenters. The van der Waals surface area contributed by atoms with E-state index in [2.05, 4.69) is 20.5 Å². The van der Waals surface area contributed by atoms with Crippen molar-refractivity contribution in [3.63, 3.8) is 0 Å². The second-order valence-corrected chi connectivity index (χ2v) is 8.87. The van der Waals surface area contributed by atoms with Gasteiger partial charge in [0.1, 0.15) is 12.3 Å². The van der Waals surface area contributed by atoms with Gasteiger partial charge in [-0.25, -0.2) is 4.98 Å². The van der Waals surface area contributed by atoms with Gasteiger partial charge in [-0.3, -0.25) is 14.2 Å². The number of hydrogen-bond acceptors (Lipinski definition) is 6. The predicted molar refractivity (Wildman–Crippen MR) is 132 cm³/mol. The maximum Gasteiger partial charge on any atom is 0.294 e. The number of carbonyl (C=O) groups excluding carboxylic acids is 1. The van der Waals surface area contributed by atoms with E-state index in [4.69, 9.17) is 4.74 Å². The molecule has 3 rings (SSSR count). The molecule has 33 heavy (non-hydrogen) atoms. The first-order valence-electron chi connectivity index (χ1n) is 12.0. The van der Waals surface area contributed by atoms with Gasteiger partial charge in [-0.1, -0.05) is 18.6 Å². The van der Waals surface area contributed by atoms with Gasteiger partial charge in [0.25, 0.3) is 5.56 Å². The van der Waals surface area contributed by atoms with Crippen molar-refractivity contribution in [2.24, 2.45) is 0 Å². The summed E-state index contributed by atoms with van der Waals surface area (Å²) in [5, 5.41) is 6.05. The first kappa shape index (κ1) is 24.8. The molecule has 2 aromatic rings. The van der Waals surface area contributed by atoms with Crippen molar-refractivity contribution >= 4 is 11.7 Å². The minimum Gasteiger partial charge on any atom is -0.497 e. The Kier molecular flexibility index (Phi) is 9.30. The average molecular weight is 456 g/mol. The first-order valence-corrected chi connectivity index (χ1v) is 12.0. The zero-order chi connectivity index (χ0) is 23.6. The zero-order valence-electron chi connectivity index (χ0n) is 20.1. The van der Waals surface area contributed by atoms with Crippen molar-refractivity contribution in [3.05, 3.63) is 40.8 Å². The summed E-state index contributed by atoms with van der Waals surface area (Å²) in [7, 11) is 1.60. The van der Waals surface area contributed by atoms with E-state index >= 15 is 0 Å². The minimum absolute atomic E-state index is 0.00666. The van der Waals surface area contributed by atoms with E-state index in [1.165, 1.54) is 36.9 Å². The largest absolute Gasteiger partial charge is 0.497 e. The number of benzene rings is 1. The van der Waals surface area contributed by atoms with Crippen molar-refractivity contribution in [2.45, 2.75) is 58.5 Å². The van der Waals surface area contributed by atoms with Crippen LogP contribution in [0.2, 0.25) is 0 Å². The number of hydrogen-bond donors (Lipinski definition) is 2. The number of amides is 1. The van der Waals surface area contributed by atoms with Crippen LogP contribution in [-0.2, 0) is 11.3 Å². The predicted octanol–water partition coefficient (Wildman–Crippen LogP) is 3.12. The Morgan fingerprint density at radius 3 is 2.70 bits per heavy atom. The number of nitrogens with zero attached hydrogens (tertiary/aromatic N) is 3. The van der Waals surface area contributed by atoms with Crippen LogP contribution in [0, 0.1) is 0 Å². The molecule has 1 aromatic carbocycles. The number of aromatic nitrogens is 2. The van der Waals surface area contributed by atoms with Crippen LogP contribution in [0.15, 0.2) is 35.3 Å². The molecule has 1 aliphatic heterocycles. The smallest absolute Gasteiger partial charge is 0.294 e. The second kappa shape index (κ2) is 12.4. The fourth-order valence-electron chi connectivity index (χ4n) is 4.14. The van der Waals surface area contributed by atoms with Crippen molar-refractivity contribution in [1.82, 2.24) is 19.8 Å². The molecular formula is C25H37N5O3. The van der Waals surface area contributed by atoms with Gasteiger partial charge >= 0.3 is 0 Å². The number of unbranched alkanes of at least 4 members (excludes halogenated alkanes) is 1. The highest BCUT2D eigenvalue weighted by Gasteiger charge is 2.16. The molecule has 0 saturated carbocycles. The molecule has 0 bridgehead atoms. The molecule has 0 aliphatic carbocycles. The Bertz CT molecular complexity index is 967. The molecule has 0 spiro atoms. The molecule has 8 heteroatoms. The molecule has 1 fully saturated rings. The number of rotatable bonds is 11. The Hall–Kier alpha value is -2.87. The molecule has 1 amide bonds. The fourth-order valence-corrected chi connectivity index (χ4v) is 4.14. The number of anilines is 1. The summed E-state index contributed by atoms with van der Waals surface area (Å²) in [6.07, 6.45) is 7.63. The Labute approximate surface area is 196 Å².